The van der Waals surface area contributed by atoms with Crippen LogP contribution in [0.1, 0.15) is 45.2 Å². The van der Waals surface area contributed by atoms with Gasteiger partial charge in [0.05, 0.1) is 11.3 Å². The maximum absolute atomic E-state index is 13.4. The largest absolute Gasteiger partial charge is 0.279 e. The van der Waals surface area contributed by atoms with Crippen LogP contribution < -0.4 is 0 Å². The fourth-order valence-electron chi connectivity index (χ4n) is 3.24. The number of aliphatic imine (C=N–C) groups is 1. The van der Waals surface area contributed by atoms with Gasteiger partial charge in [-0.1, -0.05) is 29.8 Å². The van der Waals surface area contributed by atoms with Gasteiger partial charge in [-0.05, 0) is 86.7 Å². The summed E-state index contributed by atoms with van der Waals surface area (Å²) < 4.78 is 26.8. The second kappa shape index (κ2) is 6.99. The summed E-state index contributed by atoms with van der Waals surface area (Å²) in [5, 5.41) is 0. The highest BCUT2D eigenvalue weighted by Crippen LogP contribution is 2.34. The van der Waals surface area contributed by atoms with Crippen molar-refractivity contribution in [1.29, 1.82) is 0 Å². The van der Waals surface area contributed by atoms with Crippen molar-refractivity contribution in [2.75, 3.05) is 0 Å². The standard InChI is InChI=1S/C23H23F2N/c1-15(2)21-14-23(3,4)26-22(21)13-20(16-5-9-18(24)10-6-16)17-7-11-19(25)12-8-17/h5-13H,14H2,1-4H3. The Labute approximate surface area is 153 Å². The average Bonchev–Trinajstić information content (AvgIpc) is 2.89. The molecule has 3 heteroatoms. The molecule has 0 fully saturated rings. The van der Waals surface area contributed by atoms with Crippen molar-refractivity contribution < 1.29 is 8.78 Å². The van der Waals surface area contributed by atoms with Crippen LogP contribution in [0.2, 0.25) is 0 Å². The number of halogens is 2. The van der Waals surface area contributed by atoms with Gasteiger partial charge in [0.2, 0.25) is 0 Å². The highest BCUT2D eigenvalue weighted by atomic mass is 19.1. The van der Waals surface area contributed by atoms with Gasteiger partial charge in [0.25, 0.3) is 0 Å². The number of allylic oxidation sites excluding steroid dienone is 2. The Balaban J connectivity index is 2.17. The zero-order valence-electron chi connectivity index (χ0n) is 15.6. The molecule has 3 rings (SSSR count). The summed E-state index contributed by atoms with van der Waals surface area (Å²) in [6.07, 6.45) is 2.93. The molecule has 0 bridgehead atoms. The molecule has 0 spiro atoms. The van der Waals surface area contributed by atoms with Gasteiger partial charge in [-0.3, -0.25) is 4.99 Å². The minimum absolute atomic E-state index is 0.144. The molecule has 1 heterocycles. The Morgan fingerprint density at radius 3 is 1.77 bits per heavy atom. The molecule has 1 nitrogen and oxygen atoms in total. The molecular formula is C23H23F2N. The lowest BCUT2D eigenvalue weighted by Crippen LogP contribution is -2.11. The summed E-state index contributed by atoms with van der Waals surface area (Å²) in [6, 6.07) is 12.7. The topological polar surface area (TPSA) is 12.4 Å². The molecule has 2 aromatic carbocycles. The van der Waals surface area contributed by atoms with Crippen molar-refractivity contribution in [3.63, 3.8) is 0 Å². The van der Waals surface area contributed by atoms with E-state index in [9.17, 15) is 8.78 Å². The molecule has 0 amide bonds. The van der Waals surface area contributed by atoms with Crippen LogP contribution in [-0.2, 0) is 0 Å². The molecule has 0 unspecified atom stereocenters. The molecule has 0 saturated heterocycles. The summed E-state index contributed by atoms with van der Waals surface area (Å²) in [4.78, 5) is 4.88. The van der Waals surface area contributed by atoms with Crippen LogP contribution in [0.4, 0.5) is 8.78 Å². The third kappa shape index (κ3) is 3.98. The predicted molar refractivity (Wildman–Crippen MR) is 104 cm³/mol. The van der Waals surface area contributed by atoms with Gasteiger partial charge in [-0.15, -0.1) is 0 Å². The van der Waals surface area contributed by atoms with Gasteiger partial charge in [-0.25, -0.2) is 8.78 Å². The summed E-state index contributed by atoms with van der Waals surface area (Å²) in [5.74, 6) is -0.562. The van der Waals surface area contributed by atoms with Gasteiger partial charge >= 0.3 is 0 Å². The van der Waals surface area contributed by atoms with Crippen molar-refractivity contribution >= 4 is 11.3 Å². The number of benzene rings is 2. The predicted octanol–water partition coefficient (Wildman–Crippen LogP) is 6.36. The second-order valence-electron chi connectivity index (χ2n) is 7.54. The molecule has 0 radical (unpaired) electrons. The molecule has 0 aliphatic carbocycles. The Hall–Kier alpha value is -2.55. The Morgan fingerprint density at radius 1 is 0.885 bits per heavy atom. The summed E-state index contributed by atoms with van der Waals surface area (Å²) in [5.41, 5.74) is 5.92. The third-order valence-electron chi connectivity index (χ3n) is 4.54. The maximum Gasteiger partial charge on any atom is 0.123 e. The van der Waals surface area contributed by atoms with E-state index in [0.717, 1.165) is 28.8 Å². The molecule has 26 heavy (non-hydrogen) atoms. The average molecular weight is 351 g/mol. The maximum atomic E-state index is 13.4. The lowest BCUT2D eigenvalue weighted by Gasteiger charge is -2.12. The van der Waals surface area contributed by atoms with E-state index in [1.807, 2.05) is 6.08 Å². The molecule has 0 saturated carbocycles. The molecule has 1 aliphatic rings. The van der Waals surface area contributed by atoms with Crippen LogP contribution in [0.25, 0.3) is 5.57 Å². The Morgan fingerprint density at radius 2 is 1.35 bits per heavy atom. The van der Waals surface area contributed by atoms with E-state index in [1.165, 1.54) is 35.4 Å². The van der Waals surface area contributed by atoms with Crippen molar-refractivity contribution in [2.45, 2.75) is 39.7 Å². The summed E-state index contributed by atoms with van der Waals surface area (Å²) in [7, 11) is 0. The molecule has 0 atom stereocenters. The first kappa shape index (κ1) is 18.2. The van der Waals surface area contributed by atoms with Crippen molar-refractivity contribution in [3.05, 3.63) is 88.5 Å². The fourth-order valence-corrected chi connectivity index (χ4v) is 3.24. The third-order valence-corrected chi connectivity index (χ3v) is 4.54. The first-order chi connectivity index (χ1) is 12.2. The molecule has 2 aromatic rings. The quantitative estimate of drug-likeness (QED) is 0.610. The Bertz CT molecular complexity index is 847. The summed E-state index contributed by atoms with van der Waals surface area (Å²) in [6.45, 7) is 8.42. The van der Waals surface area contributed by atoms with E-state index < -0.39 is 0 Å². The van der Waals surface area contributed by atoms with Crippen LogP contribution in [0.15, 0.2) is 70.7 Å². The van der Waals surface area contributed by atoms with Gasteiger partial charge in [-0.2, -0.15) is 0 Å². The van der Waals surface area contributed by atoms with Crippen LogP contribution >= 0.6 is 0 Å². The number of rotatable bonds is 3. The molecule has 0 aromatic heterocycles. The van der Waals surface area contributed by atoms with Crippen LogP contribution in [0.5, 0.6) is 0 Å². The normalized spacial score (nSPS) is 15.6. The van der Waals surface area contributed by atoms with E-state index in [1.54, 1.807) is 24.3 Å². The van der Waals surface area contributed by atoms with E-state index >= 15 is 0 Å². The van der Waals surface area contributed by atoms with Crippen molar-refractivity contribution in [3.8, 4) is 0 Å². The lowest BCUT2D eigenvalue weighted by molar-refractivity contribution is 0.546. The smallest absolute Gasteiger partial charge is 0.123 e. The molecular weight excluding hydrogens is 328 g/mol. The van der Waals surface area contributed by atoms with Gasteiger partial charge < -0.3 is 0 Å². The SMILES string of the molecule is CC(C)=C1CC(C)(C)N=C1C=C(c1ccc(F)cc1)c1ccc(F)cc1. The number of nitrogens with zero attached hydrogens (tertiary/aromatic N) is 1. The fraction of sp³-hybridized carbons (Fsp3) is 0.261. The van der Waals surface area contributed by atoms with E-state index in [0.29, 0.717) is 0 Å². The van der Waals surface area contributed by atoms with Crippen LogP contribution in [-0.4, -0.2) is 11.3 Å². The van der Waals surface area contributed by atoms with E-state index in [2.05, 4.69) is 27.7 Å². The molecule has 0 N–H and O–H groups in total. The first-order valence-corrected chi connectivity index (χ1v) is 8.75. The monoisotopic (exact) mass is 351 g/mol. The minimum atomic E-state index is -0.281. The van der Waals surface area contributed by atoms with Crippen molar-refractivity contribution in [2.24, 2.45) is 4.99 Å². The highest BCUT2D eigenvalue weighted by Gasteiger charge is 2.29. The zero-order valence-corrected chi connectivity index (χ0v) is 15.6. The van der Waals surface area contributed by atoms with Crippen LogP contribution in [0.3, 0.4) is 0 Å². The van der Waals surface area contributed by atoms with Crippen molar-refractivity contribution in [1.82, 2.24) is 0 Å². The van der Waals surface area contributed by atoms with E-state index in [4.69, 9.17) is 4.99 Å². The molecule has 134 valence electrons. The number of hydrogen-bond donors (Lipinski definition) is 0. The van der Waals surface area contributed by atoms with E-state index in [-0.39, 0.29) is 17.2 Å². The highest BCUT2D eigenvalue weighted by molar-refractivity contribution is 6.15. The first-order valence-electron chi connectivity index (χ1n) is 8.75. The van der Waals surface area contributed by atoms with Gasteiger partial charge in [0, 0.05) is 0 Å². The lowest BCUT2D eigenvalue weighted by atomic mass is 9.92. The number of hydrogen-bond acceptors (Lipinski definition) is 1. The summed E-state index contributed by atoms with van der Waals surface area (Å²) >= 11 is 0. The molecule has 1 aliphatic heterocycles. The zero-order chi connectivity index (χ0) is 18.9. The van der Waals surface area contributed by atoms with Gasteiger partial charge in [0.1, 0.15) is 11.6 Å². The minimum Gasteiger partial charge on any atom is -0.279 e. The van der Waals surface area contributed by atoms with Gasteiger partial charge in [0.15, 0.2) is 0 Å². The second-order valence-corrected chi connectivity index (χ2v) is 7.54. The Kier molecular flexibility index (Phi) is 4.90. The van der Waals surface area contributed by atoms with Crippen LogP contribution in [0, 0.1) is 11.6 Å².